The van der Waals surface area contributed by atoms with E-state index in [1.54, 1.807) is 0 Å². The van der Waals surface area contributed by atoms with Crippen LogP contribution in [0.2, 0.25) is 5.02 Å². The molecule has 1 saturated carbocycles. The second-order valence-electron chi connectivity index (χ2n) is 11.0. The van der Waals surface area contributed by atoms with E-state index in [-0.39, 0.29) is 21.4 Å². The standard InChI is InChI=1S/C29H35ClFNO3/c1-18(2)19-9-11-21-20(15-19)10-12-24-28(3,13-6-14-29(21,24)4)17-32-25(33)16-35-27(34)26-22(30)7-5-8-23(26)31/h5,7-9,11,15,18,24H,6,10,12-14,16-17H2,1-4H3,(H,32,33). The van der Waals surface area contributed by atoms with Crippen LogP contribution in [-0.4, -0.2) is 25.0 Å². The first kappa shape index (κ1) is 25.7. The Hall–Kier alpha value is -2.40. The molecule has 6 heteroatoms. The number of amides is 1. The number of rotatable bonds is 6. The summed E-state index contributed by atoms with van der Waals surface area (Å²) in [6.45, 7) is 9.18. The summed E-state index contributed by atoms with van der Waals surface area (Å²) in [6.07, 6.45) is 5.44. The van der Waals surface area contributed by atoms with E-state index in [9.17, 15) is 14.0 Å². The fourth-order valence-electron chi connectivity index (χ4n) is 6.46. The Balaban J connectivity index is 1.41. The Bertz CT molecular complexity index is 1110. The fraction of sp³-hybridized carbons (Fsp3) is 0.517. The SMILES string of the molecule is CC(C)c1ccc2c(c1)CCC1C(C)(CNC(=O)COC(=O)c3c(F)cccc3Cl)CCCC21C. The number of carbonyl (C=O) groups is 2. The number of halogens is 2. The molecule has 0 saturated heterocycles. The maximum absolute atomic E-state index is 13.9. The molecule has 0 spiro atoms. The van der Waals surface area contributed by atoms with E-state index in [4.69, 9.17) is 16.3 Å². The molecule has 0 heterocycles. The Labute approximate surface area is 212 Å². The molecule has 3 atom stereocenters. The third kappa shape index (κ3) is 4.97. The highest BCUT2D eigenvalue weighted by Gasteiger charge is 2.51. The Morgan fingerprint density at radius 1 is 1.20 bits per heavy atom. The van der Waals surface area contributed by atoms with Crippen molar-refractivity contribution >= 4 is 23.5 Å². The zero-order valence-electron chi connectivity index (χ0n) is 21.0. The molecule has 0 aromatic heterocycles. The number of hydrogen-bond acceptors (Lipinski definition) is 3. The van der Waals surface area contributed by atoms with Gasteiger partial charge in [-0.3, -0.25) is 4.79 Å². The largest absolute Gasteiger partial charge is 0.452 e. The van der Waals surface area contributed by atoms with Crippen molar-refractivity contribution in [2.45, 2.75) is 71.1 Å². The maximum Gasteiger partial charge on any atom is 0.343 e. The summed E-state index contributed by atoms with van der Waals surface area (Å²) in [5, 5.41) is 2.94. The minimum atomic E-state index is -0.940. The first-order valence-electron chi connectivity index (χ1n) is 12.6. The van der Waals surface area contributed by atoms with Gasteiger partial charge in [-0.15, -0.1) is 0 Å². The molecular weight excluding hydrogens is 465 g/mol. The van der Waals surface area contributed by atoms with Gasteiger partial charge in [0.2, 0.25) is 0 Å². The summed E-state index contributed by atoms with van der Waals surface area (Å²) >= 11 is 5.92. The lowest BCUT2D eigenvalue weighted by Crippen LogP contribution is -2.53. The van der Waals surface area contributed by atoms with Gasteiger partial charge in [-0.2, -0.15) is 0 Å². The molecule has 0 bridgehead atoms. The number of nitrogens with one attached hydrogen (secondary N) is 1. The van der Waals surface area contributed by atoms with Crippen LogP contribution in [-0.2, 0) is 21.4 Å². The lowest BCUT2D eigenvalue weighted by molar-refractivity contribution is -0.125. The number of aryl methyl sites for hydroxylation is 1. The van der Waals surface area contributed by atoms with E-state index in [1.807, 2.05) is 0 Å². The normalized spacial score (nSPS) is 25.5. The van der Waals surface area contributed by atoms with Gasteiger partial charge in [-0.25, -0.2) is 9.18 Å². The van der Waals surface area contributed by atoms with Crippen LogP contribution in [0.25, 0.3) is 0 Å². The molecule has 3 unspecified atom stereocenters. The second kappa shape index (κ2) is 9.93. The van der Waals surface area contributed by atoms with Crippen molar-refractivity contribution in [2.75, 3.05) is 13.2 Å². The number of carbonyl (C=O) groups excluding carboxylic acids is 2. The molecule has 2 aromatic rings. The summed E-state index contributed by atoms with van der Waals surface area (Å²) in [5.41, 5.74) is 4.00. The Morgan fingerprint density at radius 3 is 2.69 bits per heavy atom. The highest BCUT2D eigenvalue weighted by atomic mass is 35.5. The summed E-state index contributed by atoms with van der Waals surface area (Å²) in [7, 11) is 0. The van der Waals surface area contributed by atoms with Crippen molar-refractivity contribution in [1.82, 2.24) is 5.32 Å². The highest BCUT2D eigenvalue weighted by Crippen LogP contribution is 2.57. The zero-order valence-corrected chi connectivity index (χ0v) is 21.8. The van der Waals surface area contributed by atoms with Crippen molar-refractivity contribution < 1.29 is 18.7 Å². The van der Waals surface area contributed by atoms with Crippen LogP contribution < -0.4 is 5.32 Å². The predicted octanol–water partition coefficient (Wildman–Crippen LogP) is 6.59. The van der Waals surface area contributed by atoms with E-state index in [0.717, 1.165) is 38.2 Å². The topological polar surface area (TPSA) is 55.4 Å². The van der Waals surface area contributed by atoms with Crippen LogP contribution in [0.3, 0.4) is 0 Å². The number of benzene rings is 2. The number of ether oxygens (including phenoxy) is 1. The van der Waals surface area contributed by atoms with Crippen LogP contribution >= 0.6 is 11.6 Å². The van der Waals surface area contributed by atoms with Gasteiger partial charge in [0, 0.05) is 6.54 Å². The number of esters is 1. The minimum absolute atomic E-state index is 0.0393. The van der Waals surface area contributed by atoms with Crippen molar-refractivity contribution in [1.29, 1.82) is 0 Å². The van der Waals surface area contributed by atoms with Crippen molar-refractivity contribution in [3.63, 3.8) is 0 Å². The van der Waals surface area contributed by atoms with E-state index < -0.39 is 24.3 Å². The van der Waals surface area contributed by atoms with Crippen LogP contribution in [0.5, 0.6) is 0 Å². The monoisotopic (exact) mass is 499 g/mol. The molecule has 1 amide bonds. The summed E-state index contributed by atoms with van der Waals surface area (Å²) in [5.74, 6) is -1.14. The number of fused-ring (bicyclic) bond motifs is 3. The maximum atomic E-state index is 13.9. The molecule has 0 radical (unpaired) electrons. The van der Waals surface area contributed by atoms with E-state index in [2.05, 4.69) is 51.2 Å². The van der Waals surface area contributed by atoms with Crippen LogP contribution in [0.15, 0.2) is 36.4 Å². The first-order valence-corrected chi connectivity index (χ1v) is 12.9. The quantitative estimate of drug-likeness (QED) is 0.456. The van der Waals surface area contributed by atoms with Gasteiger partial charge < -0.3 is 10.1 Å². The Kier molecular flexibility index (Phi) is 7.28. The summed E-state index contributed by atoms with van der Waals surface area (Å²) in [4.78, 5) is 24.8. The smallest absolute Gasteiger partial charge is 0.343 e. The molecule has 4 nitrogen and oxygen atoms in total. The molecule has 4 rings (SSSR count). The number of hydrogen-bond donors (Lipinski definition) is 1. The van der Waals surface area contributed by atoms with Gasteiger partial charge in [0.15, 0.2) is 6.61 Å². The van der Waals surface area contributed by atoms with Gasteiger partial charge in [0.05, 0.1) is 5.02 Å². The lowest BCUT2D eigenvalue weighted by atomic mass is 9.49. The molecule has 35 heavy (non-hydrogen) atoms. The van der Waals surface area contributed by atoms with E-state index in [0.29, 0.717) is 18.4 Å². The molecular formula is C29H35ClFNO3. The van der Waals surface area contributed by atoms with Crippen LogP contribution in [0, 0.1) is 17.2 Å². The Morgan fingerprint density at radius 2 is 1.97 bits per heavy atom. The van der Waals surface area contributed by atoms with Crippen LogP contribution in [0.4, 0.5) is 4.39 Å². The first-order chi connectivity index (χ1) is 16.5. The molecule has 2 aliphatic rings. The highest BCUT2D eigenvalue weighted by molar-refractivity contribution is 6.33. The molecule has 2 aromatic carbocycles. The van der Waals surface area contributed by atoms with Crippen molar-refractivity contribution in [3.8, 4) is 0 Å². The van der Waals surface area contributed by atoms with E-state index in [1.165, 1.54) is 28.8 Å². The second-order valence-corrected chi connectivity index (χ2v) is 11.4. The third-order valence-corrected chi connectivity index (χ3v) is 8.67. The van der Waals surface area contributed by atoms with Gasteiger partial charge in [0.25, 0.3) is 5.91 Å². The van der Waals surface area contributed by atoms with E-state index >= 15 is 0 Å². The molecule has 1 N–H and O–H groups in total. The summed E-state index contributed by atoms with van der Waals surface area (Å²) in [6, 6.07) is 11.0. The predicted molar refractivity (Wildman–Crippen MR) is 136 cm³/mol. The molecule has 1 fully saturated rings. The van der Waals surface area contributed by atoms with Gasteiger partial charge in [-0.05, 0) is 77.2 Å². The van der Waals surface area contributed by atoms with Crippen LogP contribution in [0.1, 0.15) is 86.3 Å². The van der Waals surface area contributed by atoms with Gasteiger partial charge in [0.1, 0.15) is 11.4 Å². The van der Waals surface area contributed by atoms with Crippen molar-refractivity contribution in [3.05, 3.63) is 69.5 Å². The van der Waals surface area contributed by atoms with Gasteiger partial charge in [-0.1, -0.05) is 70.0 Å². The van der Waals surface area contributed by atoms with Gasteiger partial charge >= 0.3 is 5.97 Å². The zero-order chi connectivity index (χ0) is 25.4. The molecule has 188 valence electrons. The van der Waals surface area contributed by atoms with Crippen molar-refractivity contribution in [2.24, 2.45) is 11.3 Å². The summed E-state index contributed by atoms with van der Waals surface area (Å²) < 4.78 is 19.0. The average molecular weight is 500 g/mol. The average Bonchev–Trinajstić information content (AvgIpc) is 2.81. The lowest BCUT2D eigenvalue weighted by Gasteiger charge is -2.55. The minimum Gasteiger partial charge on any atom is -0.452 e. The third-order valence-electron chi connectivity index (χ3n) is 8.36. The molecule has 2 aliphatic carbocycles. The fourth-order valence-corrected chi connectivity index (χ4v) is 6.70. The molecule has 0 aliphatic heterocycles.